The zero-order valence-corrected chi connectivity index (χ0v) is 18.1. The van der Waals surface area contributed by atoms with E-state index in [1.54, 1.807) is 0 Å². The molecule has 4 fully saturated rings. The van der Waals surface area contributed by atoms with Crippen molar-refractivity contribution in [3.05, 3.63) is 48.0 Å². The summed E-state index contributed by atoms with van der Waals surface area (Å²) in [5.74, 6) is 0.796. The van der Waals surface area contributed by atoms with E-state index in [2.05, 4.69) is 63.2 Å². The quantitative estimate of drug-likeness (QED) is 0.491. The highest BCUT2D eigenvalue weighted by molar-refractivity contribution is 6.09. The molecule has 0 spiro atoms. The summed E-state index contributed by atoms with van der Waals surface area (Å²) in [7, 11) is 0. The molecule has 2 bridgehead atoms. The van der Waals surface area contributed by atoms with Crippen molar-refractivity contribution in [2.75, 3.05) is 0 Å². The number of hydrogen-bond acceptors (Lipinski definition) is 3. The molecule has 0 aromatic heterocycles. The van der Waals surface area contributed by atoms with Crippen LogP contribution in [0.1, 0.15) is 64.4 Å². The molecule has 4 aliphatic carbocycles. The number of ketones is 1. The number of carbonyl (C=O) groups is 2. The molecule has 0 aliphatic heterocycles. The Kier molecular flexibility index (Phi) is 3.56. The van der Waals surface area contributed by atoms with Gasteiger partial charge in [0.2, 0.25) is 0 Å². The summed E-state index contributed by atoms with van der Waals surface area (Å²) >= 11 is 0. The van der Waals surface area contributed by atoms with Crippen molar-refractivity contribution < 1.29 is 14.3 Å². The van der Waals surface area contributed by atoms with Crippen LogP contribution in [-0.2, 0) is 14.3 Å². The van der Waals surface area contributed by atoms with Crippen LogP contribution >= 0.6 is 0 Å². The smallest absolute Gasteiger partial charge is 0.320 e. The van der Waals surface area contributed by atoms with Crippen molar-refractivity contribution >= 4 is 22.5 Å². The van der Waals surface area contributed by atoms with E-state index in [0.29, 0.717) is 18.8 Å². The van der Waals surface area contributed by atoms with E-state index in [1.165, 1.54) is 22.8 Å². The summed E-state index contributed by atoms with van der Waals surface area (Å²) in [5.41, 5.74) is 0.507. The van der Waals surface area contributed by atoms with Gasteiger partial charge in [-0.15, -0.1) is 0 Å². The van der Waals surface area contributed by atoms with Crippen LogP contribution in [0.5, 0.6) is 0 Å². The minimum absolute atomic E-state index is 0.0632. The maximum Gasteiger partial charge on any atom is 0.320 e. The van der Waals surface area contributed by atoms with Crippen molar-refractivity contribution in [2.24, 2.45) is 28.1 Å². The maximum absolute atomic E-state index is 13.4. The third-order valence-electron chi connectivity index (χ3n) is 9.84. The van der Waals surface area contributed by atoms with Crippen molar-refractivity contribution in [3.63, 3.8) is 0 Å². The van der Waals surface area contributed by atoms with Crippen LogP contribution in [0.3, 0.4) is 0 Å². The molecule has 0 unspecified atom stereocenters. The number of hydrogen-bond donors (Lipinski definition) is 0. The van der Waals surface area contributed by atoms with Gasteiger partial charge in [-0.1, -0.05) is 63.2 Å². The fraction of sp³-hybridized carbons (Fsp3) is 0.556. The first-order valence-electron chi connectivity index (χ1n) is 11.5. The Morgan fingerprint density at radius 2 is 1.80 bits per heavy atom. The molecule has 2 aromatic carbocycles. The molecule has 0 heterocycles. The Morgan fingerprint density at radius 1 is 1.03 bits per heavy atom. The van der Waals surface area contributed by atoms with Crippen molar-refractivity contribution in [1.82, 2.24) is 0 Å². The average molecular weight is 403 g/mol. The molecule has 3 nitrogen and oxygen atoms in total. The van der Waals surface area contributed by atoms with E-state index in [9.17, 15) is 9.59 Å². The van der Waals surface area contributed by atoms with E-state index in [4.69, 9.17) is 4.74 Å². The Balaban J connectivity index is 1.41. The van der Waals surface area contributed by atoms with Gasteiger partial charge in [0.15, 0.2) is 0 Å². The number of benzene rings is 2. The molecule has 3 heteroatoms. The zero-order valence-electron chi connectivity index (χ0n) is 18.1. The number of ether oxygens (including phenoxy) is 1. The first kappa shape index (κ1) is 18.6. The molecule has 0 radical (unpaired) electrons. The lowest BCUT2D eigenvalue weighted by Gasteiger charge is -2.40. The standard InChI is InChI=1S/C27H30O3/c1-25(2)20-12-13-26(25,3)23(30-24(29)27-15-19(27)10-11-21(27)28)22(20)18-9-8-16-6-4-5-7-17(16)14-18/h4-9,14,19-20,22-23H,10-13,15H2,1-3H3/t19-,20+,22+,23+,26-,27-/m0/s1. The first-order valence-corrected chi connectivity index (χ1v) is 11.5. The van der Waals surface area contributed by atoms with Gasteiger partial charge in [-0.05, 0) is 59.3 Å². The second-order valence-corrected chi connectivity index (χ2v) is 11.1. The molecular weight excluding hydrogens is 372 g/mol. The van der Waals surface area contributed by atoms with Crippen molar-refractivity contribution in [2.45, 2.75) is 64.9 Å². The lowest BCUT2D eigenvalue weighted by atomic mass is 9.70. The van der Waals surface area contributed by atoms with Crippen LogP contribution in [-0.4, -0.2) is 17.9 Å². The number of esters is 1. The fourth-order valence-electron chi connectivity index (χ4n) is 7.46. The second kappa shape index (κ2) is 5.75. The summed E-state index contributed by atoms with van der Waals surface area (Å²) in [6.45, 7) is 7.02. The highest BCUT2D eigenvalue weighted by Crippen LogP contribution is 2.72. The summed E-state index contributed by atoms with van der Waals surface area (Å²) in [6, 6.07) is 15.2. The molecule has 4 saturated carbocycles. The van der Waals surface area contributed by atoms with Gasteiger partial charge < -0.3 is 4.74 Å². The highest BCUT2D eigenvalue weighted by Gasteiger charge is 2.72. The Morgan fingerprint density at radius 3 is 2.50 bits per heavy atom. The highest BCUT2D eigenvalue weighted by atomic mass is 16.5. The SMILES string of the molecule is CC1(C)[C@@H]2CC[C@@]1(C)[C@H](OC(=O)[C@@]13C[C@@H]1CCC3=O)[C@@H]2c1ccc2ccccc2c1. The fourth-order valence-corrected chi connectivity index (χ4v) is 7.46. The molecule has 0 amide bonds. The minimum Gasteiger partial charge on any atom is -0.460 e. The number of carbonyl (C=O) groups excluding carboxylic acids is 2. The van der Waals surface area contributed by atoms with Gasteiger partial charge in [0, 0.05) is 17.8 Å². The van der Waals surface area contributed by atoms with Gasteiger partial charge in [0.05, 0.1) is 0 Å². The predicted molar refractivity (Wildman–Crippen MR) is 116 cm³/mol. The Labute approximate surface area is 178 Å². The van der Waals surface area contributed by atoms with Gasteiger partial charge in [-0.25, -0.2) is 0 Å². The number of Topliss-reactive ketones (excluding diaryl/α,β-unsaturated/α-hetero) is 1. The van der Waals surface area contributed by atoms with Gasteiger partial charge >= 0.3 is 5.97 Å². The van der Waals surface area contributed by atoms with Crippen LogP contribution in [0, 0.1) is 28.1 Å². The molecule has 0 N–H and O–H groups in total. The van der Waals surface area contributed by atoms with Crippen LogP contribution in [0.4, 0.5) is 0 Å². The van der Waals surface area contributed by atoms with E-state index in [1.807, 2.05) is 0 Å². The molecule has 0 saturated heterocycles. The predicted octanol–water partition coefficient (Wildman–Crippen LogP) is 5.66. The molecule has 4 aliphatic rings. The van der Waals surface area contributed by atoms with Crippen molar-refractivity contribution in [3.8, 4) is 0 Å². The molecule has 30 heavy (non-hydrogen) atoms. The maximum atomic E-state index is 13.4. The Hall–Kier alpha value is -2.16. The number of rotatable bonds is 3. The van der Waals surface area contributed by atoms with Gasteiger partial charge in [-0.3, -0.25) is 9.59 Å². The molecular formula is C27H30O3. The van der Waals surface area contributed by atoms with E-state index < -0.39 is 5.41 Å². The minimum atomic E-state index is -0.795. The molecule has 6 atom stereocenters. The van der Waals surface area contributed by atoms with Crippen LogP contribution in [0.2, 0.25) is 0 Å². The molecule has 2 aromatic rings. The van der Waals surface area contributed by atoms with Gasteiger partial charge in [-0.2, -0.15) is 0 Å². The lowest BCUT2D eigenvalue weighted by Crippen LogP contribution is -2.42. The topological polar surface area (TPSA) is 43.4 Å². The summed E-state index contributed by atoms with van der Waals surface area (Å²) < 4.78 is 6.40. The summed E-state index contributed by atoms with van der Waals surface area (Å²) in [4.78, 5) is 25.9. The zero-order chi connectivity index (χ0) is 20.9. The summed E-state index contributed by atoms with van der Waals surface area (Å²) in [5, 5.41) is 2.47. The summed E-state index contributed by atoms with van der Waals surface area (Å²) in [6.07, 6.45) is 4.20. The largest absolute Gasteiger partial charge is 0.460 e. The normalized spacial score (nSPS) is 40.6. The Bertz CT molecular complexity index is 1080. The monoisotopic (exact) mass is 402 g/mol. The van der Waals surface area contributed by atoms with Gasteiger partial charge in [0.1, 0.15) is 17.3 Å². The number of fused-ring (bicyclic) bond motifs is 4. The first-order chi connectivity index (χ1) is 14.3. The van der Waals surface area contributed by atoms with E-state index in [0.717, 1.165) is 12.8 Å². The second-order valence-electron chi connectivity index (χ2n) is 11.1. The van der Waals surface area contributed by atoms with Crippen LogP contribution in [0.25, 0.3) is 10.8 Å². The average Bonchev–Trinajstić information content (AvgIpc) is 3.28. The molecule has 156 valence electrons. The van der Waals surface area contributed by atoms with Crippen LogP contribution < -0.4 is 0 Å². The van der Waals surface area contributed by atoms with E-state index in [-0.39, 0.29) is 40.5 Å². The molecule has 6 rings (SSSR count). The lowest BCUT2D eigenvalue weighted by molar-refractivity contribution is -0.166. The van der Waals surface area contributed by atoms with Crippen molar-refractivity contribution in [1.29, 1.82) is 0 Å². The third-order valence-corrected chi connectivity index (χ3v) is 9.84. The van der Waals surface area contributed by atoms with Gasteiger partial charge in [0.25, 0.3) is 0 Å². The van der Waals surface area contributed by atoms with Crippen LogP contribution in [0.15, 0.2) is 42.5 Å². The van der Waals surface area contributed by atoms with E-state index >= 15 is 0 Å². The third kappa shape index (κ3) is 2.11.